The minimum atomic E-state index is -0.119. The Morgan fingerprint density at radius 2 is 1.96 bits per heavy atom. The molecule has 0 N–H and O–H groups in total. The first-order valence-electron chi connectivity index (χ1n) is 8.98. The standard InChI is InChI=1S/C20H28N4O/c1-20(2,3)24-14-16(13-21-24)19(25)22(4)18-11-8-12-23(15-18)17-9-6-5-7-10-17/h5-7,9-10,13-14,18H,8,11-12,15H2,1-4H3/t18-/m0/s1. The minimum Gasteiger partial charge on any atom is -0.369 e. The van der Waals surface area contributed by atoms with Gasteiger partial charge in [-0.25, -0.2) is 0 Å². The molecule has 1 atom stereocenters. The second-order valence-corrected chi connectivity index (χ2v) is 7.84. The van der Waals surface area contributed by atoms with E-state index in [1.54, 1.807) is 6.20 Å². The van der Waals surface area contributed by atoms with Crippen LogP contribution >= 0.6 is 0 Å². The van der Waals surface area contributed by atoms with Crippen LogP contribution in [-0.2, 0) is 5.54 Å². The number of anilines is 1. The lowest BCUT2D eigenvalue weighted by Crippen LogP contribution is -2.48. The Kier molecular flexibility index (Phi) is 4.84. The highest BCUT2D eigenvalue weighted by atomic mass is 16.2. The van der Waals surface area contributed by atoms with Crippen LogP contribution in [0.25, 0.3) is 0 Å². The molecule has 1 aromatic heterocycles. The molecule has 1 aliphatic heterocycles. The highest BCUT2D eigenvalue weighted by molar-refractivity contribution is 5.93. The summed E-state index contributed by atoms with van der Waals surface area (Å²) in [4.78, 5) is 17.1. The van der Waals surface area contributed by atoms with Crippen molar-refractivity contribution >= 4 is 11.6 Å². The molecule has 1 amide bonds. The van der Waals surface area contributed by atoms with Gasteiger partial charge < -0.3 is 9.80 Å². The number of piperidine rings is 1. The van der Waals surface area contributed by atoms with E-state index < -0.39 is 0 Å². The summed E-state index contributed by atoms with van der Waals surface area (Å²) in [7, 11) is 1.91. The molecule has 2 heterocycles. The van der Waals surface area contributed by atoms with Gasteiger partial charge in [0.2, 0.25) is 0 Å². The van der Waals surface area contributed by atoms with Crippen molar-refractivity contribution in [3.8, 4) is 0 Å². The Balaban J connectivity index is 1.70. The number of aromatic nitrogens is 2. The van der Waals surface area contributed by atoms with E-state index in [0.29, 0.717) is 5.56 Å². The van der Waals surface area contributed by atoms with Gasteiger partial charge in [-0.15, -0.1) is 0 Å². The van der Waals surface area contributed by atoms with E-state index in [9.17, 15) is 4.79 Å². The fourth-order valence-corrected chi connectivity index (χ4v) is 3.31. The molecule has 0 radical (unpaired) electrons. The van der Waals surface area contributed by atoms with Gasteiger partial charge in [0, 0.05) is 38.1 Å². The highest BCUT2D eigenvalue weighted by Gasteiger charge is 2.28. The predicted octanol–water partition coefficient (Wildman–Crippen LogP) is 3.38. The molecule has 5 nitrogen and oxygen atoms in total. The second-order valence-electron chi connectivity index (χ2n) is 7.84. The molecule has 0 saturated carbocycles. The summed E-state index contributed by atoms with van der Waals surface area (Å²) in [5, 5.41) is 4.36. The summed E-state index contributed by atoms with van der Waals surface area (Å²) in [5.41, 5.74) is 1.77. The molecule has 134 valence electrons. The molecule has 1 aromatic carbocycles. The number of carbonyl (C=O) groups excluding carboxylic acids is 1. The van der Waals surface area contributed by atoms with Gasteiger partial charge in [0.25, 0.3) is 5.91 Å². The van der Waals surface area contributed by atoms with Gasteiger partial charge in [-0.2, -0.15) is 5.10 Å². The molecule has 2 aromatic rings. The molecule has 1 aliphatic rings. The quantitative estimate of drug-likeness (QED) is 0.860. The molecule has 5 heteroatoms. The smallest absolute Gasteiger partial charge is 0.257 e. The minimum absolute atomic E-state index is 0.0513. The van der Waals surface area contributed by atoms with Crippen LogP contribution in [0.2, 0.25) is 0 Å². The van der Waals surface area contributed by atoms with Crippen LogP contribution in [0.5, 0.6) is 0 Å². The molecule has 0 aliphatic carbocycles. The number of rotatable bonds is 3. The number of hydrogen-bond acceptors (Lipinski definition) is 3. The Morgan fingerprint density at radius 1 is 1.24 bits per heavy atom. The van der Waals surface area contributed by atoms with Gasteiger partial charge in [0.15, 0.2) is 0 Å². The van der Waals surface area contributed by atoms with Crippen LogP contribution < -0.4 is 4.90 Å². The molecule has 25 heavy (non-hydrogen) atoms. The molecule has 0 unspecified atom stereocenters. The normalized spacial score (nSPS) is 18.2. The Labute approximate surface area is 150 Å². The monoisotopic (exact) mass is 340 g/mol. The maximum absolute atomic E-state index is 12.9. The van der Waals surface area contributed by atoms with Crippen molar-refractivity contribution in [3.05, 3.63) is 48.3 Å². The van der Waals surface area contributed by atoms with Crippen molar-refractivity contribution in [2.75, 3.05) is 25.0 Å². The number of hydrogen-bond donors (Lipinski definition) is 0. The summed E-state index contributed by atoms with van der Waals surface area (Å²) in [6.07, 6.45) is 5.68. The van der Waals surface area contributed by atoms with Crippen LogP contribution in [0.15, 0.2) is 42.7 Å². The van der Waals surface area contributed by atoms with E-state index in [1.807, 2.05) is 28.9 Å². The fourth-order valence-electron chi connectivity index (χ4n) is 3.31. The van der Waals surface area contributed by atoms with Crippen LogP contribution in [-0.4, -0.2) is 46.8 Å². The molecular formula is C20H28N4O. The van der Waals surface area contributed by atoms with E-state index >= 15 is 0 Å². The van der Waals surface area contributed by atoms with Crippen LogP contribution in [0.3, 0.4) is 0 Å². The van der Waals surface area contributed by atoms with Crippen molar-refractivity contribution in [2.24, 2.45) is 0 Å². The van der Waals surface area contributed by atoms with E-state index in [2.05, 4.69) is 55.0 Å². The zero-order valence-electron chi connectivity index (χ0n) is 15.6. The summed E-state index contributed by atoms with van der Waals surface area (Å²) in [5.74, 6) is 0.0513. The number of amides is 1. The van der Waals surface area contributed by atoms with Crippen LogP contribution in [0.4, 0.5) is 5.69 Å². The SMILES string of the molecule is CN(C(=O)c1cnn(C(C)(C)C)c1)[C@H]1CCCN(c2ccccc2)C1. The molecule has 0 spiro atoms. The number of para-hydroxylation sites is 1. The fraction of sp³-hybridized carbons (Fsp3) is 0.500. The maximum atomic E-state index is 12.9. The molecule has 1 saturated heterocycles. The van der Waals surface area contributed by atoms with Crippen molar-refractivity contribution < 1.29 is 4.79 Å². The highest BCUT2D eigenvalue weighted by Crippen LogP contribution is 2.23. The molecule has 0 bridgehead atoms. The average Bonchev–Trinajstić information content (AvgIpc) is 3.12. The van der Waals surface area contributed by atoms with Gasteiger partial charge in [-0.3, -0.25) is 9.48 Å². The van der Waals surface area contributed by atoms with Gasteiger partial charge in [-0.1, -0.05) is 18.2 Å². The van der Waals surface area contributed by atoms with E-state index in [-0.39, 0.29) is 17.5 Å². The van der Waals surface area contributed by atoms with Gasteiger partial charge in [0.1, 0.15) is 0 Å². The topological polar surface area (TPSA) is 41.4 Å². The van der Waals surface area contributed by atoms with Crippen LogP contribution in [0.1, 0.15) is 44.0 Å². The first-order chi connectivity index (χ1) is 11.9. The zero-order chi connectivity index (χ0) is 18.0. The molecule has 1 fully saturated rings. The summed E-state index contributed by atoms with van der Waals surface area (Å²) >= 11 is 0. The Bertz CT molecular complexity index is 717. The number of benzene rings is 1. The number of likely N-dealkylation sites (N-methyl/N-ethyl adjacent to an activating group) is 1. The zero-order valence-corrected chi connectivity index (χ0v) is 15.6. The third-order valence-corrected chi connectivity index (χ3v) is 4.90. The second kappa shape index (κ2) is 6.90. The van der Waals surface area contributed by atoms with Crippen molar-refractivity contribution in [2.45, 2.75) is 45.2 Å². The largest absolute Gasteiger partial charge is 0.369 e. The predicted molar refractivity (Wildman–Crippen MR) is 101 cm³/mol. The first kappa shape index (κ1) is 17.5. The molecule has 3 rings (SSSR count). The summed E-state index contributed by atoms with van der Waals surface area (Å²) in [6.45, 7) is 8.16. The summed E-state index contributed by atoms with van der Waals surface area (Å²) < 4.78 is 1.85. The lowest BCUT2D eigenvalue weighted by Gasteiger charge is -2.38. The molecular weight excluding hydrogens is 312 g/mol. The number of nitrogens with zero attached hydrogens (tertiary/aromatic N) is 4. The number of carbonyl (C=O) groups is 1. The average molecular weight is 340 g/mol. The third-order valence-electron chi connectivity index (χ3n) is 4.90. The first-order valence-corrected chi connectivity index (χ1v) is 8.98. The lowest BCUT2D eigenvalue weighted by molar-refractivity contribution is 0.0717. The summed E-state index contributed by atoms with van der Waals surface area (Å²) in [6, 6.07) is 10.7. The van der Waals surface area contributed by atoms with E-state index in [1.165, 1.54) is 5.69 Å². The van der Waals surface area contributed by atoms with Gasteiger partial charge >= 0.3 is 0 Å². The van der Waals surface area contributed by atoms with Crippen molar-refractivity contribution in [3.63, 3.8) is 0 Å². The van der Waals surface area contributed by atoms with Crippen molar-refractivity contribution in [1.29, 1.82) is 0 Å². The van der Waals surface area contributed by atoms with E-state index in [0.717, 1.165) is 25.9 Å². The van der Waals surface area contributed by atoms with Crippen molar-refractivity contribution in [1.82, 2.24) is 14.7 Å². The van der Waals surface area contributed by atoms with Gasteiger partial charge in [0.05, 0.1) is 17.3 Å². The van der Waals surface area contributed by atoms with Crippen LogP contribution in [0, 0.1) is 0 Å². The third kappa shape index (κ3) is 3.86. The van der Waals surface area contributed by atoms with E-state index in [4.69, 9.17) is 0 Å². The maximum Gasteiger partial charge on any atom is 0.257 e. The lowest BCUT2D eigenvalue weighted by atomic mass is 10.0. The Hall–Kier alpha value is -2.30. The Morgan fingerprint density at radius 3 is 2.60 bits per heavy atom. The van der Waals surface area contributed by atoms with Gasteiger partial charge in [-0.05, 0) is 45.7 Å².